The molecule has 0 bridgehead atoms. The third-order valence-electron chi connectivity index (χ3n) is 3.29. The van der Waals surface area contributed by atoms with Crippen molar-refractivity contribution in [2.45, 2.75) is 25.9 Å². The van der Waals surface area contributed by atoms with Crippen molar-refractivity contribution in [3.05, 3.63) is 47.8 Å². The zero-order valence-corrected chi connectivity index (χ0v) is 12.2. The molecule has 0 aliphatic heterocycles. The number of nitrogens with zero attached hydrogens (tertiary/aromatic N) is 3. The Balaban J connectivity index is 2.24. The lowest BCUT2D eigenvalue weighted by Crippen LogP contribution is -2.23. The van der Waals surface area contributed by atoms with Gasteiger partial charge in [0.1, 0.15) is 11.6 Å². The number of halogens is 1. The molecule has 4 nitrogen and oxygen atoms in total. The van der Waals surface area contributed by atoms with Crippen LogP contribution in [0.2, 0.25) is 0 Å². The highest BCUT2D eigenvalue weighted by atomic mass is 19.1. The van der Waals surface area contributed by atoms with E-state index in [2.05, 4.69) is 9.88 Å². The summed E-state index contributed by atoms with van der Waals surface area (Å²) in [6.07, 6.45) is 4.34. The molecule has 2 aromatic rings. The molecule has 0 saturated carbocycles. The van der Waals surface area contributed by atoms with E-state index in [1.165, 1.54) is 6.07 Å². The largest absolute Gasteiger partial charge is 0.367 e. The molecule has 1 aromatic heterocycles. The maximum atomic E-state index is 13.4. The Hall–Kier alpha value is -1.88. The number of rotatable bonds is 5. The topological polar surface area (TPSA) is 47.1 Å². The molecule has 0 aliphatic rings. The fourth-order valence-electron chi connectivity index (χ4n) is 2.28. The highest BCUT2D eigenvalue weighted by Gasteiger charge is 2.12. The summed E-state index contributed by atoms with van der Waals surface area (Å²) in [7, 11) is 3.94. The molecule has 0 spiro atoms. The molecule has 2 rings (SSSR count). The minimum atomic E-state index is -0.227. The Bertz CT molecular complexity index is 577. The average Bonchev–Trinajstić information content (AvgIpc) is 2.74. The van der Waals surface area contributed by atoms with Gasteiger partial charge in [0.2, 0.25) is 0 Å². The van der Waals surface area contributed by atoms with Crippen molar-refractivity contribution < 1.29 is 4.39 Å². The Labute approximate surface area is 119 Å². The Morgan fingerprint density at radius 1 is 1.45 bits per heavy atom. The first-order chi connectivity index (χ1) is 9.47. The van der Waals surface area contributed by atoms with E-state index in [1.54, 1.807) is 18.3 Å². The first kappa shape index (κ1) is 14.5. The van der Waals surface area contributed by atoms with Crippen LogP contribution in [0.3, 0.4) is 0 Å². The van der Waals surface area contributed by atoms with Crippen LogP contribution in [0.4, 0.5) is 10.1 Å². The van der Waals surface area contributed by atoms with E-state index >= 15 is 0 Å². The monoisotopic (exact) mass is 276 g/mol. The highest BCUT2D eigenvalue weighted by Crippen LogP contribution is 2.23. The molecular weight excluding hydrogens is 255 g/mol. The van der Waals surface area contributed by atoms with Crippen molar-refractivity contribution in [3.63, 3.8) is 0 Å². The van der Waals surface area contributed by atoms with Gasteiger partial charge in [-0.05, 0) is 37.1 Å². The van der Waals surface area contributed by atoms with Crippen LogP contribution in [-0.2, 0) is 20.0 Å². The predicted octanol–water partition coefficient (Wildman–Crippen LogP) is 2.09. The second kappa shape index (κ2) is 6.05. The van der Waals surface area contributed by atoms with E-state index in [9.17, 15) is 4.39 Å². The van der Waals surface area contributed by atoms with Crippen LogP contribution in [-0.4, -0.2) is 22.6 Å². The van der Waals surface area contributed by atoms with Gasteiger partial charge in [-0.1, -0.05) is 0 Å². The van der Waals surface area contributed by atoms with E-state index in [0.29, 0.717) is 13.0 Å². The molecule has 1 heterocycles. The lowest BCUT2D eigenvalue weighted by atomic mass is 10.0. The Morgan fingerprint density at radius 2 is 2.20 bits per heavy atom. The van der Waals surface area contributed by atoms with Gasteiger partial charge in [-0.25, -0.2) is 9.37 Å². The molecule has 1 atom stereocenters. The lowest BCUT2D eigenvalue weighted by Gasteiger charge is -2.23. The second-order valence-electron chi connectivity index (χ2n) is 5.26. The van der Waals surface area contributed by atoms with Crippen molar-refractivity contribution >= 4 is 5.69 Å². The van der Waals surface area contributed by atoms with Gasteiger partial charge in [-0.2, -0.15) is 0 Å². The summed E-state index contributed by atoms with van der Waals surface area (Å²) < 4.78 is 15.4. The van der Waals surface area contributed by atoms with Crippen molar-refractivity contribution in [1.29, 1.82) is 0 Å². The number of aryl methyl sites for hydroxylation is 1. The predicted molar refractivity (Wildman–Crippen MR) is 79.1 cm³/mol. The summed E-state index contributed by atoms with van der Waals surface area (Å²) in [6.45, 7) is 2.59. The average molecular weight is 276 g/mol. The fraction of sp³-hybridized carbons (Fsp3) is 0.400. The molecule has 0 aliphatic carbocycles. The van der Waals surface area contributed by atoms with E-state index in [4.69, 9.17) is 5.73 Å². The molecule has 108 valence electrons. The van der Waals surface area contributed by atoms with Gasteiger partial charge in [0, 0.05) is 38.2 Å². The third-order valence-corrected chi connectivity index (χ3v) is 3.29. The molecular formula is C15H21FN4. The quantitative estimate of drug-likeness (QED) is 0.909. The van der Waals surface area contributed by atoms with Gasteiger partial charge in [-0.15, -0.1) is 0 Å². The fourth-order valence-corrected chi connectivity index (χ4v) is 2.28. The van der Waals surface area contributed by atoms with Crippen LogP contribution in [0.5, 0.6) is 0 Å². The Kier molecular flexibility index (Phi) is 4.39. The molecule has 2 N–H and O–H groups in total. The van der Waals surface area contributed by atoms with Crippen LogP contribution < -0.4 is 10.6 Å². The first-order valence-electron chi connectivity index (χ1n) is 6.68. The summed E-state index contributed by atoms with van der Waals surface area (Å²) >= 11 is 0. The van der Waals surface area contributed by atoms with Crippen molar-refractivity contribution in [2.24, 2.45) is 12.8 Å². The third kappa shape index (κ3) is 3.36. The zero-order chi connectivity index (χ0) is 14.7. The standard InChI is InChI=1S/C15H21FN4/c1-11(17)8-12-9-13(16)4-5-14(12)20(3)10-15-18-6-7-19(15)2/h4-7,9,11H,8,10,17H2,1-3H3. The number of anilines is 1. The summed E-state index contributed by atoms with van der Waals surface area (Å²) in [5.41, 5.74) is 7.77. The summed E-state index contributed by atoms with van der Waals surface area (Å²) in [5.74, 6) is 0.735. The molecule has 0 saturated heterocycles. The maximum Gasteiger partial charge on any atom is 0.127 e. The van der Waals surface area contributed by atoms with Gasteiger partial charge in [0.05, 0.1) is 6.54 Å². The second-order valence-corrected chi connectivity index (χ2v) is 5.26. The lowest BCUT2D eigenvalue weighted by molar-refractivity contribution is 0.622. The van der Waals surface area contributed by atoms with Crippen LogP contribution in [0.25, 0.3) is 0 Å². The molecule has 5 heteroatoms. The van der Waals surface area contributed by atoms with Gasteiger partial charge in [0.15, 0.2) is 0 Å². The van der Waals surface area contributed by atoms with Gasteiger partial charge in [0.25, 0.3) is 0 Å². The summed E-state index contributed by atoms with van der Waals surface area (Å²) in [6, 6.07) is 4.84. The van der Waals surface area contributed by atoms with Crippen LogP contribution in [0, 0.1) is 5.82 Å². The zero-order valence-electron chi connectivity index (χ0n) is 12.2. The van der Waals surface area contributed by atoms with Gasteiger partial charge < -0.3 is 15.2 Å². The molecule has 0 amide bonds. The van der Waals surface area contributed by atoms with E-state index in [-0.39, 0.29) is 11.9 Å². The molecule has 0 fully saturated rings. The summed E-state index contributed by atoms with van der Waals surface area (Å²) in [4.78, 5) is 6.38. The van der Waals surface area contributed by atoms with Gasteiger partial charge >= 0.3 is 0 Å². The van der Waals surface area contributed by atoms with E-state index < -0.39 is 0 Å². The highest BCUT2D eigenvalue weighted by molar-refractivity contribution is 5.53. The van der Waals surface area contributed by atoms with Crippen molar-refractivity contribution in [2.75, 3.05) is 11.9 Å². The first-order valence-corrected chi connectivity index (χ1v) is 6.68. The SMILES string of the molecule is CC(N)Cc1cc(F)ccc1N(C)Cc1nccn1C. The maximum absolute atomic E-state index is 13.4. The smallest absolute Gasteiger partial charge is 0.127 e. The molecule has 1 aromatic carbocycles. The van der Waals surface area contributed by atoms with E-state index in [1.807, 2.05) is 31.8 Å². The number of nitrogens with two attached hydrogens (primary N) is 1. The van der Waals surface area contributed by atoms with Crippen LogP contribution >= 0.6 is 0 Å². The molecule has 0 radical (unpaired) electrons. The van der Waals surface area contributed by atoms with Crippen LogP contribution in [0.1, 0.15) is 18.3 Å². The summed E-state index contributed by atoms with van der Waals surface area (Å²) in [5, 5.41) is 0. The Morgan fingerprint density at radius 3 is 2.80 bits per heavy atom. The van der Waals surface area contributed by atoms with Crippen molar-refractivity contribution in [3.8, 4) is 0 Å². The number of hydrogen-bond acceptors (Lipinski definition) is 3. The number of imidazole rings is 1. The minimum absolute atomic E-state index is 0.00267. The number of benzene rings is 1. The number of hydrogen-bond donors (Lipinski definition) is 1. The number of aromatic nitrogens is 2. The van der Waals surface area contributed by atoms with Crippen LogP contribution in [0.15, 0.2) is 30.6 Å². The molecule has 20 heavy (non-hydrogen) atoms. The minimum Gasteiger partial charge on any atom is -0.367 e. The molecule has 1 unspecified atom stereocenters. The van der Waals surface area contributed by atoms with E-state index in [0.717, 1.165) is 17.1 Å². The van der Waals surface area contributed by atoms with Gasteiger partial charge in [-0.3, -0.25) is 0 Å². The normalized spacial score (nSPS) is 12.4. The van der Waals surface area contributed by atoms with Crippen molar-refractivity contribution in [1.82, 2.24) is 9.55 Å².